The number of nitrogens with one attached hydrogen (secondary N) is 1. The molecule has 2 aliphatic heterocycles. The molecular weight excluding hydrogens is 478 g/mol. The Hall–Kier alpha value is -3.89. The van der Waals surface area contributed by atoms with Crippen LogP contribution in [0.4, 0.5) is 23.0 Å². The molecule has 2 aromatic carbocycles. The van der Waals surface area contributed by atoms with Gasteiger partial charge in [-0.3, -0.25) is 4.90 Å². The van der Waals surface area contributed by atoms with E-state index in [4.69, 9.17) is 20.4 Å². The summed E-state index contributed by atoms with van der Waals surface area (Å²) in [6.45, 7) is 6.49. The molecule has 4 heterocycles. The quantitative estimate of drug-likeness (QED) is 0.377. The molecule has 6 rings (SSSR count). The monoisotopic (exact) mass is 513 g/mol. The summed E-state index contributed by atoms with van der Waals surface area (Å²) in [6, 6.07) is 14.4. The summed E-state index contributed by atoms with van der Waals surface area (Å²) in [7, 11) is 5.87. The van der Waals surface area contributed by atoms with Gasteiger partial charge in [0.2, 0.25) is 5.95 Å². The van der Waals surface area contributed by atoms with Gasteiger partial charge in [-0.1, -0.05) is 12.1 Å². The van der Waals surface area contributed by atoms with Gasteiger partial charge in [-0.25, -0.2) is 15.0 Å². The van der Waals surface area contributed by atoms with Crippen molar-refractivity contribution in [3.63, 3.8) is 0 Å². The first-order valence-electron chi connectivity index (χ1n) is 13.2. The minimum absolute atomic E-state index is 0.455. The molecule has 2 saturated heterocycles. The first kappa shape index (κ1) is 24.4. The van der Waals surface area contributed by atoms with E-state index in [-0.39, 0.29) is 0 Å². The van der Waals surface area contributed by atoms with E-state index in [1.807, 2.05) is 48.0 Å². The number of para-hydroxylation sites is 2. The molecule has 4 aromatic rings. The smallest absolute Gasteiger partial charge is 0.227 e. The molecule has 198 valence electrons. The predicted octanol–water partition coefficient (Wildman–Crippen LogP) is 3.19. The summed E-state index contributed by atoms with van der Waals surface area (Å²) in [4.78, 5) is 21.4. The molecule has 2 aromatic heterocycles. The summed E-state index contributed by atoms with van der Waals surface area (Å²) in [5.41, 5.74) is 11.8. The van der Waals surface area contributed by atoms with Crippen LogP contribution in [0.2, 0.25) is 0 Å². The van der Waals surface area contributed by atoms with Crippen LogP contribution < -0.4 is 20.7 Å². The van der Waals surface area contributed by atoms with E-state index in [0.29, 0.717) is 23.4 Å². The predicted molar refractivity (Wildman–Crippen MR) is 152 cm³/mol. The highest BCUT2D eigenvalue weighted by Gasteiger charge is 2.30. The Bertz CT molecular complexity index is 1440. The standard InChI is InChI=1S/C28H35N9O/c1-34-12-14-36(15-13-34)19-9-11-37(18-19)25-17-26(38-3)23(16-20(25)29)33-28-30-10-8-22(32-28)27-31-21-6-4-5-7-24(21)35(27)2/h4-8,10,16-17,19H,9,11-15,18,29H2,1-3H3,(H,30,32,33)/t19-/m1/s1. The Labute approximate surface area is 223 Å². The molecule has 0 saturated carbocycles. The summed E-state index contributed by atoms with van der Waals surface area (Å²) < 4.78 is 7.81. The van der Waals surface area contributed by atoms with Gasteiger partial charge < -0.3 is 30.2 Å². The minimum Gasteiger partial charge on any atom is -0.494 e. The second-order valence-corrected chi connectivity index (χ2v) is 10.2. The Kier molecular flexibility index (Phi) is 6.50. The summed E-state index contributed by atoms with van der Waals surface area (Å²) in [5, 5.41) is 3.31. The van der Waals surface area contributed by atoms with Crippen LogP contribution in [0.5, 0.6) is 5.75 Å². The van der Waals surface area contributed by atoms with Crippen LogP contribution in [0, 0.1) is 0 Å². The van der Waals surface area contributed by atoms with Crippen LogP contribution in [0.25, 0.3) is 22.6 Å². The summed E-state index contributed by atoms with van der Waals surface area (Å²) >= 11 is 0. The number of piperazine rings is 1. The maximum absolute atomic E-state index is 6.59. The number of fused-ring (bicyclic) bond motifs is 1. The number of likely N-dealkylation sites (N-methyl/N-ethyl adjacent to an activating group) is 1. The topological polar surface area (TPSA) is 101 Å². The van der Waals surface area contributed by atoms with Gasteiger partial charge in [0.1, 0.15) is 11.4 Å². The van der Waals surface area contributed by atoms with E-state index in [2.05, 4.69) is 38.1 Å². The van der Waals surface area contributed by atoms with Gasteiger partial charge in [0, 0.05) is 64.6 Å². The average Bonchev–Trinajstić information content (AvgIpc) is 3.55. The number of benzene rings is 2. The van der Waals surface area contributed by atoms with Crippen molar-refractivity contribution in [3.05, 3.63) is 48.7 Å². The number of aryl methyl sites for hydroxylation is 1. The van der Waals surface area contributed by atoms with Crippen molar-refractivity contribution in [2.45, 2.75) is 12.5 Å². The van der Waals surface area contributed by atoms with Crippen LogP contribution in [0.1, 0.15) is 6.42 Å². The highest BCUT2D eigenvalue weighted by Crippen LogP contribution is 2.38. The van der Waals surface area contributed by atoms with Gasteiger partial charge >= 0.3 is 0 Å². The van der Waals surface area contributed by atoms with Crippen LogP contribution >= 0.6 is 0 Å². The maximum Gasteiger partial charge on any atom is 0.227 e. The van der Waals surface area contributed by atoms with Gasteiger partial charge in [0.15, 0.2) is 5.82 Å². The van der Waals surface area contributed by atoms with Crippen molar-refractivity contribution < 1.29 is 4.74 Å². The fourth-order valence-electron chi connectivity index (χ4n) is 5.61. The zero-order chi connectivity index (χ0) is 26.2. The number of ether oxygens (including phenoxy) is 1. The van der Waals surface area contributed by atoms with Crippen LogP contribution in [-0.4, -0.2) is 88.8 Å². The molecule has 2 fully saturated rings. The molecule has 0 spiro atoms. The SMILES string of the molecule is COc1cc(N2CC[C@@H](N3CCN(C)CC3)C2)c(N)cc1Nc1nccc(-c2nc3ccccc3n2C)n1. The lowest BCUT2D eigenvalue weighted by Crippen LogP contribution is -2.49. The number of hydrogen-bond donors (Lipinski definition) is 2. The number of aromatic nitrogens is 4. The van der Waals surface area contributed by atoms with Crippen LogP contribution in [0.15, 0.2) is 48.7 Å². The molecular formula is C28H35N9O. The summed E-state index contributed by atoms with van der Waals surface area (Å²) in [6.07, 6.45) is 2.88. The van der Waals surface area contributed by atoms with Crippen molar-refractivity contribution >= 4 is 34.0 Å². The zero-order valence-corrected chi connectivity index (χ0v) is 22.3. The molecule has 38 heavy (non-hydrogen) atoms. The fraction of sp³-hybridized carbons (Fsp3) is 0.393. The molecule has 10 nitrogen and oxygen atoms in total. The van der Waals surface area contributed by atoms with Gasteiger partial charge in [-0.15, -0.1) is 0 Å². The van der Waals surface area contributed by atoms with E-state index in [9.17, 15) is 0 Å². The van der Waals surface area contributed by atoms with Gasteiger partial charge in [0.25, 0.3) is 0 Å². The normalized spacial score (nSPS) is 18.8. The van der Waals surface area contributed by atoms with Crippen molar-refractivity contribution in [2.24, 2.45) is 7.05 Å². The maximum atomic E-state index is 6.59. The number of imidazole rings is 1. The first-order valence-corrected chi connectivity index (χ1v) is 13.2. The third kappa shape index (κ3) is 4.61. The Balaban J connectivity index is 1.22. The largest absolute Gasteiger partial charge is 0.494 e. The summed E-state index contributed by atoms with van der Waals surface area (Å²) in [5.74, 6) is 1.94. The van der Waals surface area contributed by atoms with E-state index in [0.717, 1.165) is 79.6 Å². The molecule has 10 heteroatoms. The van der Waals surface area contributed by atoms with Crippen LogP contribution in [-0.2, 0) is 7.05 Å². The second kappa shape index (κ2) is 10.1. The first-order chi connectivity index (χ1) is 18.5. The van der Waals surface area contributed by atoms with Crippen molar-refractivity contribution in [1.29, 1.82) is 0 Å². The van der Waals surface area contributed by atoms with Gasteiger partial charge in [-0.05, 0) is 37.7 Å². The molecule has 2 aliphatic rings. The molecule has 0 radical (unpaired) electrons. The Morgan fingerprint density at radius 3 is 2.61 bits per heavy atom. The second-order valence-electron chi connectivity index (χ2n) is 10.2. The molecule has 0 bridgehead atoms. The number of nitrogen functional groups attached to an aromatic ring is 1. The highest BCUT2D eigenvalue weighted by atomic mass is 16.5. The molecule has 0 unspecified atom stereocenters. The minimum atomic E-state index is 0.455. The fourth-order valence-corrected chi connectivity index (χ4v) is 5.61. The lowest BCUT2D eigenvalue weighted by molar-refractivity contribution is 0.120. The van der Waals surface area contributed by atoms with Crippen molar-refractivity contribution in [1.82, 2.24) is 29.3 Å². The number of methoxy groups -OCH3 is 1. The number of anilines is 4. The van der Waals surface area contributed by atoms with Crippen molar-refractivity contribution in [3.8, 4) is 17.3 Å². The van der Waals surface area contributed by atoms with Gasteiger partial charge in [-0.2, -0.15) is 0 Å². The molecule has 0 aliphatic carbocycles. The van der Waals surface area contributed by atoms with E-state index >= 15 is 0 Å². The zero-order valence-electron chi connectivity index (χ0n) is 22.3. The third-order valence-corrected chi connectivity index (χ3v) is 7.83. The molecule has 0 amide bonds. The van der Waals surface area contributed by atoms with E-state index in [1.54, 1.807) is 13.3 Å². The van der Waals surface area contributed by atoms with E-state index in [1.165, 1.54) is 0 Å². The average molecular weight is 514 g/mol. The highest BCUT2D eigenvalue weighted by molar-refractivity contribution is 5.81. The third-order valence-electron chi connectivity index (χ3n) is 7.83. The molecule has 3 N–H and O–H groups in total. The lowest BCUT2D eigenvalue weighted by Gasteiger charge is -2.36. The number of hydrogen-bond acceptors (Lipinski definition) is 9. The number of nitrogens with zero attached hydrogens (tertiary/aromatic N) is 7. The number of rotatable bonds is 6. The van der Waals surface area contributed by atoms with E-state index < -0.39 is 0 Å². The Morgan fingerprint density at radius 2 is 1.82 bits per heavy atom. The van der Waals surface area contributed by atoms with Crippen molar-refractivity contribution in [2.75, 3.05) is 69.4 Å². The Morgan fingerprint density at radius 1 is 1.00 bits per heavy atom. The molecule has 1 atom stereocenters. The number of nitrogens with two attached hydrogens (primary N) is 1. The van der Waals surface area contributed by atoms with Crippen LogP contribution in [0.3, 0.4) is 0 Å². The van der Waals surface area contributed by atoms with Gasteiger partial charge in [0.05, 0.1) is 35.2 Å². The lowest BCUT2D eigenvalue weighted by atomic mass is 10.2.